The van der Waals surface area contributed by atoms with Crippen LogP contribution in [0.15, 0.2) is 46.0 Å². The Balaban J connectivity index is 2.17. The number of halogens is 1. The lowest BCUT2D eigenvalue weighted by Gasteiger charge is -2.03. The van der Waals surface area contributed by atoms with E-state index in [4.69, 9.17) is 0 Å². The molecule has 0 saturated heterocycles. The minimum absolute atomic E-state index is 0.998. The molecule has 0 radical (unpaired) electrons. The van der Waals surface area contributed by atoms with Gasteiger partial charge in [0.2, 0.25) is 0 Å². The molecule has 0 bridgehead atoms. The Morgan fingerprint density at radius 3 is 2.76 bits per heavy atom. The molecule has 3 rings (SSSR count). The third-order valence-electron chi connectivity index (χ3n) is 2.31. The average Bonchev–Trinajstić information content (AvgIpc) is 3.00. The summed E-state index contributed by atoms with van der Waals surface area (Å²) in [7, 11) is 0. The standard InChI is InChI=1S/C12H7BrN2S2/c13-11-4-3-10(17-11)12-8(6-14-7-15-12)9-2-1-5-16-9/h1-7H. The Kier molecular flexibility index (Phi) is 3.05. The minimum atomic E-state index is 0.998. The number of rotatable bonds is 2. The maximum absolute atomic E-state index is 4.40. The molecule has 84 valence electrons. The van der Waals surface area contributed by atoms with Gasteiger partial charge in [-0.3, -0.25) is 0 Å². The van der Waals surface area contributed by atoms with E-state index in [1.165, 1.54) is 4.88 Å². The van der Waals surface area contributed by atoms with E-state index < -0.39 is 0 Å². The Bertz CT molecular complexity index is 632. The SMILES string of the molecule is Brc1ccc(-c2ncncc2-c2cccs2)s1. The fourth-order valence-electron chi connectivity index (χ4n) is 1.58. The van der Waals surface area contributed by atoms with Gasteiger partial charge < -0.3 is 0 Å². The second kappa shape index (κ2) is 4.68. The molecule has 0 spiro atoms. The molecule has 0 saturated carbocycles. The first kappa shape index (κ1) is 11.1. The van der Waals surface area contributed by atoms with Crippen LogP contribution in [0.5, 0.6) is 0 Å². The van der Waals surface area contributed by atoms with Crippen molar-refractivity contribution in [2.75, 3.05) is 0 Å². The lowest BCUT2D eigenvalue weighted by molar-refractivity contribution is 1.18. The number of hydrogen-bond acceptors (Lipinski definition) is 4. The van der Waals surface area contributed by atoms with Crippen molar-refractivity contribution in [2.45, 2.75) is 0 Å². The van der Waals surface area contributed by atoms with Gasteiger partial charge in [0.1, 0.15) is 6.33 Å². The largest absolute Gasteiger partial charge is 0.244 e. The van der Waals surface area contributed by atoms with Gasteiger partial charge in [0.25, 0.3) is 0 Å². The van der Waals surface area contributed by atoms with Crippen molar-refractivity contribution in [2.24, 2.45) is 0 Å². The summed E-state index contributed by atoms with van der Waals surface area (Å²) < 4.78 is 1.11. The predicted molar refractivity (Wildman–Crippen MR) is 76.4 cm³/mol. The molecule has 17 heavy (non-hydrogen) atoms. The second-order valence-corrected chi connectivity index (χ2v) is 6.78. The van der Waals surface area contributed by atoms with E-state index in [1.54, 1.807) is 29.0 Å². The summed E-state index contributed by atoms with van der Waals surface area (Å²) in [6.07, 6.45) is 3.47. The van der Waals surface area contributed by atoms with Crippen LogP contribution in [0.1, 0.15) is 0 Å². The van der Waals surface area contributed by atoms with E-state index in [0.717, 1.165) is 19.9 Å². The molecule has 0 amide bonds. The molecule has 0 aliphatic carbocycles. The summed E-state index contributed by atoms with van der Waals surface area (Å²) in [6, 6.07) is 8.26. The van der Waals surface area contributed by atoms with Gasteiger partial charge in [-0.05, 0) is 39.5 Å². The molecule has 2 nitrogen and oxygen atoms in total. The molecule has 0 atom stereocenters. The molecule has 3 aromatic rings. The van der Waals surface area contributed by atoms with Gasteiger partial charge in [-0.25, -0.2) is 9.97 Å². The molecule has 0 unspecified atom stereocenters. The normalized spacial score (nSPS) is 10.6. The first-order valence-electron chi connectivity index (χ1n) is 4.94. The minimum Gasteiger partial charge on any atom is -0.244 e. The highest BCUT2D eigenvalue weighted by molar-refractivity contribution is 9.11. The summed E-state index contributed by atoms with van der Waals surface area (Å²) in [6.45, 7) is 0. The van der Waals surface area contributed by atoms with Gasteiger partial charge >= 0.3 is 0 Å². The van der Waals surface area contributed by atoms with Gasteiger partial charge in [0.15, 0.2) is 0 Å². The van der Waals surface area contributed by atoms with Crippen LogP contribution in [0.2, 0.25) is 0 Å². The Morgan fingerprint density at radius 1 is 1.12 bits per heavy atom. The van der Waals surface area contributed by atoms with Crippen molar-refractivity contribution in [3.05, 3.63) is 46.0 Å². The van der Waals surface area contributed by atoms with Crippen LogP contribution in [0.3, 0.4) is 0 Å². The highest BCUT2D eigenvalue weighted by Gasteiger charge is 2.11. The molecule has 0 fully saturated rings. The second-order valence-electron chi connectivity index (χ2n) is 3.37. The molecular weight excluding hydrogens is 316 g/mol. The smallest absolute Gasteiger partial charge is 0.116 e. The van der Waals surface area contributed by atoms with E-state index >= 15 is 0 Å². The molecule has 0 aromatic carbocycles. The van der Waals surface area contributed by atoms with Gasteiger partial charge in [0.05, 0.1) is 14.4 Å². The van der Waals surface area contributed by atoms with Crippen molar-refractivity contribution in [1.82, 2.24) is 9.97 Å². The van der Waals surface area contributed by atoms with Crippen LogP contribution in [0.25, 0.3) is 21.0 Å². The maximum Gasteiger partial charge on any atom is 0.116 e. The lowest BCUT2D eigenvalue weighted by atomic mass is 10.2. The van der Waals surface area contributed by atoms with Crippen molar-refractivity contribution >= 4 is 38.6 Å². The molecule has 0 aliphatic rings. The zero-order chi connectivity index (χ0) is 11.7. The fourth-order valence-corrected chi connectivity index (χ4v) is 3.71. The average molecular weight is 323 g/mol. The molecule has 5 heteroatoms. The fraction of sp³-hybridized carbons (Fsp3) is 0. The van der Waals surface area contributed by atoms with E-state index in [9.17, 15) is 0 Å². The van der Waals surface area contributed by atoms with E-state index in [2.05, 4.69) is 43.4 Å². The summed E-state index contributed by atoms with van der Waals surface area (Å²) in [5.74, 6) is 0. The number of nitrogens with zero attached hydrogens (tertiary/aromatic N) is 2. The van der Waals surface area contributed by atoms with Crippen molar-refractivity contribution in [1.29, 1.82) is 0 Å². The number of aromatic nitrogens is 2. The third-order valence-corrected chi connectivity index (χ3v) is 4.84. The van der Waals surface area contributed by atoms with Crippen molar-refractivity contribution < 1.29 is 0 Å². The van der Waals surface area contributed by atoms with Gasteiger partial charge in [-0.1, -0.05) is 6.07 Å². The van der Waals surface area contributed by atoms with Crippen LogP contribution in [-0.4, -0.2) is 9.97 Å². The molecular formula is C12H7BrN2S2. The molecule has 0 aliphatic heterocycles. The van der Waals surface area contributed by atoms with Crippen molar-refractivity contribution in [3.8, 4) is 21.0 Å². The summed E-state index contributed by atoms with van der Waals surface area (Å²) in [5.41, 5.74) is 2.09. The van der Waals surface area contributed by atoms with Gasteiger partial charge in [0, 0.05) is 16.6 Å². The summed E-state index contributed by atoms with van der Waals surface area (Å²) in [5, 5.41) is 2.07. The lowest BCUT2D eigenvalue weighted by Crippen LogP contribution is -1.86. The Hall–Kier alpha value is -1.04. The first-order valence-corrected chi connectivity index (χ1v) is 7.43. The summed E-state index contributed by atoms with van der Waals surface area (Å²) >= 11 is 6.87. The van der Waals surface area contributed by atoms with Crippen LogP contribution in [0, 0.1) is 0 Å². The van der Waals surface area contributed by atoms with Crippen LogP contribution < -0.4 is 0 Å². The zero-order valence-corrected chi connectivity index (χ0v) is 11.8. The highest BCUT2D eigenvalue weighted by atomic mass is 79.9. The molecule has 3 aromatic heterocycles. The van der Waals surface area contributed by atoms with E-state index in [0.29, 0.717) is 0 Å². The van der Waals surface area contributed by atoms with Crippen LogP contribution in [-0.2, 0) is 0 Å². The van der Waals surface area contributed by atoms with Gasteiger partial charge in [-0.15, -0.1) is 22.7 Å². The predicted octanol–water partition coefficient (Wildman–Crippen LogP) is 4.70. The quantitative estimate of drug-likeness (QED) is 0.683. The Labute approximate surface area is 115 Å². The van der Waals surface area contributed by atoms with Gasteiger partial charge in [-0.2, -0.15) is 0 Å². The zero-order valence-electron chi connectivity index (χ0n) is 8.63. The number of hydrogen-bond donors (Lipinski definition) is 0. The topological polar surface area (TPSA) is 25.8 Å². The van der Waals surface area contributed by atoms with Crippen molar-refractivity contribution in [3.63, 3.8) is 0 Å². The Morgan fingerprint density at radius 2 is 2.06 bits per heavy atom. The summed E-state index contributed by atoms with van der Waals surface area (Å²) in [4.78, 5) is 10.9. The van der Waals surface area contributed by atoms with Crippen LogP contribution in [0.4, 0.5) is 0 Å². The number of thiophene rings is 2. The maximum atomic E-state index is 4.40. The van der Waals surface area contributed by atoms with Crippen LogP contribution >= 0.6 is 38.6 Å². The van der Waals surface area contributed by atoms with E-state index in [1.807, 2.05) is 18.3 Å². The molecule has 0 N–H and O–H groups in total. The van der Waals surface area contributed by atoms with E-state index in [-0.39, 0.29) is 0 Å². The third kappa shape index (κ3) is 2.18. The monoisotopic (exact) mass is 322 g/mol. The first-order chi connectivity index (χ1) is 8.34. The highest BCUT2D eigenvalue weighted by Crippen LogP contribution is 2.37. The molecule has 3 heterocycles.